The minimum absolute atomic E-state index is 0.0455. The molecule has 0 aliphatic heterocycles. The quantitative estimate of drug-likeness (QED) is 0.0195. The molecule has 562 valence electrons. The molecule has 0 aromatic rings. The third-order valence-electron chi connectivity index (χ3n) is 16.0. The number of hydrogen-bond donors (Lipinski definition) is 0. The molecule has 0 bridgehead atoms. The average molecular weight is 1400 g/mol. The van der Waals surface area contributed by atoms with Gasteiger partial charge in [-0.2, -0.15) is 0 Å². The van der Waals surface area contributed by atoms with E-state index in [0.29, 0.717) is 17.4 Å². The van der Waals surface area contributed by atoms with Crippen LogP contribution in [0.4, 0.5) is 0 Å². The van der Waals surface area contributed by atoms with Gasteiger partial charge >= 0.3 is 11.9 Å². The first-order valence-corrected chi connectivity index (χ1v) is 40.9. The topological polar surface area (TPSA) is 111 Å². The molecule has 100 heavy (non-hydrogen) atoms. The van der Waals surface area contributed by atoms with Gasteiger partial charge in [-0.1, -0.05) is 335 Å². The lowest BCUT2D eigenvalue weighted by molar-refractivity contribution is -0.870. The van der Waals surface area contributed by atoms with Crippen LogP contribution in [0.5, 0.6) is 0 Å². The zero-order valence-electron chi connectivity index (χ0n) is 64.0. The number of ether oxygens (including phenoxy) is 2. The van der Waals surface area contributed by atoms with Crippen molar-refractivity contribution in [2.75, 3.05) is 47.5 Å². The van der Waals surface area contributed by atoms with Gasteiger partial charge in [0.25, 0.3) is 7.82 Å². The van der Waals surface area contributed by atoms with E-state index in [1.54, 1.807) is 0 Å². The summed E-state index contributed by atoms with van der Waals surface area (Å²) in [5, 5.41) is 0. The lowest BCUT2D eigenvalue weighted by Gasteiger charge is -2.28. The smallest absolute Gasteiger partial charge is 0.306 e. The van der Waals surface area contributed by atoms with Crippen LogP contribution in [0.25, 0.3) is 0 Å². The monoisotopic (exact) mass is 1400 g/mol. The Morgan fingerprint density at radius 1 is 0.310 bits per heavy atom. The van der Waals surface area contributed by atoms with E-state index < -0.39 is 32.5 Å². The van der Waals surface area contributed by atoms with Crippen molar-refractivity contribution in [2.45, 2.75) is 290 Å². The number of allylic oxidation sites excluding steroid dienone is 36. The number of carbonyl (C=O) groups excluding carboxylic acids is 2. The Kier molecular flexibility index (Phi) is 73.1. The highest BCUT2D eigenvalue weighted by Crippen LogP contribution is 2.38. The molecule has 0 radical (unpaired) electrons. The summed E-state index contributed by atoms with van der Waals surface area (Å²) in [5.41, 5.74) is 0. The highest BCUT2D eigenvalue weighted by Gasteiger charge is 2.22. The van der Waals surface area contributed by atoms with E-state index >= 15 is 0 Å². The number of hydrogen-bond acceptors (Lipinski definition) is 8. The number of nitrogens with zero attached hydrogens (tertiary/aromatic N) is 1. The Labute approximate surface area is 614 Å². The van der Waals surface area contributed by atoms with Gasteiger partial charge in [-0.3, -0.25) is 14.2 Å². The number of likely N-dealkylation sites (N-methyl/N-ethyl adjacent to an activating group) is 1. The maximum atomic E-state index is 12.9. The SMILES string of the molecule is CC/C=C\C/C=C\C/C=C\C/C=C\C/C=C\C/C=C\C/C=C\C/C=C\C/C=C\C/C=C\C/C=C\CCCCCCCC(=O)OC(COC(=O)CCCCCCCCCCCCCCCCC/C=C\C/C=C\C/C=C\C/C=C\C/C=C\C/C=C\C/C=C\CC)COP(=O)([O-])OCC[N+](C)(C)C. The molecule has 0 aliphatic rings. The third kappa shape index (κ3) is 81.3. The van der Waals surface area contributed by atoms with Crippen LogP contribution in [-0.2, 0) is 32.7 Å². The maximum Gasteiger partial charge on any atom is 0.306 e. The summed E-state index contributed by atoms with van der Waals surface area (Å²) < 4.78 is 34.4. The fourth-order valence-electron chi connectivity index (χ4n) is 10.1. The van der Waals surface area contributed by atoms with E-state index in [0.717, 1.165) is 173 Å². The number of phosphoric acid groups is 1. The Balaban J connectivity index is 4.12. The van der Waals surface area contributed by atoms with Gasteiger partial charge in [-0.25, -0.2) is 0 Å². The second kappa shape index (κ2) is 77.5. The summed E-state index contributed by atoms with van der Waals surface area (Å²) in [6.07, 6.45) is 123. The lowest BCUT2D eigenvalue weighted by atomic mass is 10.0. The molecule has 0 saturated carbocycles. The molecule has 0 aliphatic carbocycles. The van der Waals surface area contributed by atoms with Crippen LogP contribution in [0.15, 0.2) is 219 Å². The van der Waals surface area contributed by atoms with Gasteiger partial charge in [0.1, 0.15) is 19.8 Å². The number of carbonyl (C=O) groups is 2. The van der Waals surface area contributed by atoms with Gasteiger partial charge in [0.15, 0.2) is 6.10 Å². The first-order chi connectivity index (χ1) is 49.0. The number of quaternary nitrogens is 1. The molecule has 0 amide bonds. The maximum absolute atomic E-state index is 12.9. The highest BCUT2D eigenvalue weighted by atomic mass is 31.2. The van der Waals surface area contributed by atoms with Crippen LogP contribution in [0, 0.1) is 0 Å². The molecule has 0 rings (SSSR count). The van der Waals surface area contributed by atoms with Crippen LogP contribution >= 0.6 is 7.82 Å². The first kappa shape index (κ1) is 94.3. The zero-order valence-corrected chi connectivity index (χ0v) is 64.9. The van der Waals surface area contributed by atoms with E-state index in [1.807, 2.05) is 21.1 Å². The number of phosphoric ester groups is 1. The van der Waals surface area contributed by atoms with Crippen LogP contribution in [0.3, 0.4) is 0 Å². The van der Waals surface area contributed by atoms with Gasteiger partial charge in [0.05, 0.1) is 27.7 Å². The fourth-order valence-corrected chi connectivity index (χ4v) is 10.8. The van der Waals surface area contributed by atoms with Crippen molar-refractivity contribution in [3.63, 3.8) is 0 Å². The van der Waals surface area contributed by atoms with Crippen molar-refractivity contribution in [3.05, 3.63) is 219 Å². The molecule has 9 nitrogen and oxygen atoms in total. The summed E-state index contributed by atoms with van der Waals surface area (Å²) in [4.78, 5) is 38.2. The standard InChI is InChI=1S/C90H144NO8P/c1-6-8-10-12-14-16-18-20-22-24-26-28-30-32-34-36-38-40-42-44-45-47-49-51-53-55-57-59-61-63-65-67-69-71-73-75-77-79-81-83-90(93)99-88(87-98-100(94,95)97-85-84-91(3,4)5)86-96-89(92)82-80-78-76-74-72-70-68-66-64-62-60-58-56-54-52-50-48-46-43-41-39-37-35-33-31-29-27-25-23-21-19-17-15-13-11-9-7-2/h8-11,14-17,20-23,26-29,32-35,38-41,44-46,48-49,51,55,57,61,63,67,69,88H,6-7,12-13,18-19,24-25,30-31,36-37,42-43,47,50,52-54,56,58-60,62,64-66,68,70-87H2,1-5H3/b10-8-,11-9-,16-14-,17-15-,22-20-,23-21-,28-26-,29-27-,34-32-,35-33-,40-38-,41-39-,45-44-,48-46-,51-49-,57-55-,63-61-,69-67-. The Hall–Kier alpha value is -5.67. The number of unbranched alkanes of at least 4 members (excludes halogenated alkanes) is 20. The lowest BCUT2D eigenvalue weighted by Crippen LogP contribution is -2.37. The Morgan fingerprint density at radius 2 is 0.540 bits per heavy atom. The first-order valence-electron chi connectivity index (χ1n) is 39.4. The molecule has 2 atom stereocenters. The Bertz CT molecular complexity index is 2500. The predicted molar refractivity (Wildman–Crippen MR) is 433 cm³/mol. The second-order valence-corrected chi connectivity index (χ2v) is 28.0. The normalized spacial score (nSPS) is 14.3. The summed E-state index contributed by atoms with van der Waals surface area (Å²) in [5.74, 6) is -0.866. The number of rotatable bonds is 70. The summed E-state index contributed by atoms with van der Waals surface area (Å²) in [6, 6.07) is 0. The van der Waals surface area contributed by atoms with Crippen LogP contribution in [0.2, 0.25) is 0 Å². The van der Waals surface area contributed by atoms with Crippen molar-refractivity contribution >= 4 is 19.8 Å². The van der Waals surface area contributed by atoms with Crippen molar-refractivity contribution in [2.24, 2.45) is 0 Å². The molecule has 0 N–H and O–H groups in total. The van der Waals surface area contributed by atoms with Gasteiger partial charge in [0, 0.05) is 12.8 Å². The van der Waals surface area contributed by atoms with Gasteiger partial charge in [-0.05, 0) is 154 Å². The van der Waals surface area contributed by atoms with E-state index in [9.17, 15) is 19.0 Å². The molecule has 10 heteroatoms. The van der Waals surface area contributed by atoms with E-state index in [4.69, 9.17) is 18.5 Å². The molecular formula is C90H144NO8P. The minimum atomic E-state index is -4.67. The van der Waals surface area contributed by atoms with E-state index in [1.165, 1.54) is 77.0 Å². The summed E-state index contributed by atoms with van der Waals surface area (Å²) in [7, 11) is 1.13. The van der Waals surface area contributed by atoms with Gasteiger partial charge < -0.3 is 27.9 Å². The fraction of sp³-hybridized carbons (Fsp3) is 0.578. The Morgan fingerprint density at radius 3 is 0.800 bits per heavy atom. The molecule has 0 fully saturated rings. The zero-order chi connectivity index (χ0) is 72.5. The van der Waals surface area contributed by atoms with Crippen molar-refractivity contribution in [3.8, 4) is 0 Å². The van der Waals surface area contributed by atoms with E-state index in [2.05, 4.69) is 233 Å². The molecule has 0 aromatic heterocycles. The van der Waals surface area contributed by atoms with Crippen molar-refractivity contribution in [1.82, 2.24) is 0 Å². The molecular weight excluding hydrogens is 1250 g/mol. The largest absolute Gasteiger partial charge is 0.756 e. The van der Waals surface area contributed by atoms with Crippen LogP contribution in [0.1, 0.15) is 284 Å². The number of esters is 2. The van der Waals surface area contributed by atoms with Gasteiger partial charge in [-0.15, -0.1) is 0 Å². The van der Waals surface area contributed by atoms with Crippen LogP contribution < -0.4 is 4.89 Å². The van der Waals surface area contributed by atoms with Gasteiger partial charge in [0.2, 0.25) is 0 Å². The summed E-state index contributed by atoms with van der Waals surface area (Å²) >= 11 is 0. The predicted octanol–water partition coefficient (Wildman–Crippen LogP) is 26.1. The van der Waals surface area contributed by atoms with E-state index in [-0.39, 0.29) is 26.1 Å². The van der Waals surface area contributed by atoms with Crippen molar-refractivity contribution in [1.29, 1.82) is 0 Å². The molecule has 0 spiro atoms. The molecule has 0 saturated heterocycles. The minimum Gasteiger partial charge on any atom is -0.756 e. The summed E-state index contributed by atoms with van der Waals surface area (Å²) in [6.45, 7) is 3.98. The van der Waals surface area contributed by atoms with Crippen LogP contribution in [-0.4, -0.2) is 70.0 Å². The third-order valence-corrected chi connectivity index (χ3v) is 17.0. The van der Waals surface area contributed by atoms with Crippen molar-refractivity contribution < 1.29 is 42.1 Å². The highest BCUT2D eigenvalue weighted by molar-refractivity contribution is 7.45. The molecule has 2 unspecified atom stereocenters. The second-order valence-electron chi connectivity index (χ2n) is 26.6. The average Bonchev–Trinajstić information content (AvgIpc) is 1.07. The molecule has 0 aromatic carbocycles. The molecule has 0 heterocycles.